The third-order valence-electron chi connectivity index (χ3n) is 5.24. The molecular formula is C24H23ClN4O2S. The first kappa shape index (κ1) is 22.0. The first-order valence-corrected chi connectivity index (χ1v) is 11.5. The van der Waals surface area contributed by atoms with Crippen LogP contribution in [0.2, 0.25) is 5.02 Å². The SMILES string of the molecule is Cc1[nH]c2ccccc2c1-c1csc(NC(=O)[C@@H](NC(=O)c2ccccc2Cl)C(C)C)n1. The van der Waals surface area contributed by atoms with Crippen LogP contribution in [0, 0.1) is 12.8 Å². The summed E-state index contributed by atoms with van der Waals surface area (Å²) in [5.41, 5.74) is 4.20. The molecule has 2 heterocycles. The second-order valence-corrected chi connectivity index (χ2v) is 9.14. The third-order valence-corrected chi connectivity index (χ3v) is 6.33. The van der Waals surface area contributed by atoms with Gasteiger partial charge >= 0.3 is 0 Å². The van der Waals surface area contributed by atoms with Crippen LogP contribution in [0.15, 0.2) is 53.9 Å². The molecule has 164 valence electrons. The van der Waals surface area contributed by atoms with Gasteiger partial charge in [-0.1, -0.05) is 55.8 Å². The molecule has 4 rings (SSSR count). The van der Waals surface area contributed by atoms with Gasteiger partial charge in [-0.05, 0) is 31.0 Å². The van der Waals surface area contributed by atoms with Crippen molar-refractivity contribution in [3.63, 3.8) is 0 Å². The maximum absolute atomic E-state index is 13.0. The number of amides is 2. The lowest BCUT2D eigenvalue weighted by Crippen LogP contribution is -2.47. The van der Waals surface area contributed by atoms with Gasteiger partial charge in [0, 0.05) is 27.5 Å². The Hall–Kier alpha value is -3.16. The number of benzene rings is 2. The average Bonchev–Trinajstić information content (AvgIpc) is 3.34. The quantitative estimate of drug-likeness (QED) is 0.343. The van der Waals surface area contributed by atoms with Gasteiger partial charge in [-0.2, -0.15) is 0 Å². The maximum atomic E-state index is 13.0. The average molecular weight is 467 g/mol. The molecule has 3 N–H and O–H groups in total. The number of hydrogen-bond acceptors (Lipinski definition) is 4. The summed E-state index contributed by atoms with van der Waals surface area (Å²) in [7, 11) is 0. The van der Waals surface area contributed by atoms with E-state index in [1.807, 2.05) is 50.4 Å². The van der Waals surface area contributed by atoms with E-state index >= 15 is 0 Å². The Morgan fingerprint density at radius 3 is 2.56 bits per heavy atom. The maximum Gasteiger partial charge on any atom is 0.253 e. The predicted octanol–water partition coefficient (Wildman–Crippen LogP) is 5.65. The molecule has 32 heavy (non-hydrogen) atoms. The molecule has 0 unspecified atom stereocenters. The van der Waals surface area contributed by atoms with Gasteiger partial charge in [-0.3, -0.25) is 9.59 Å². The molecule has 0 aliphatic carbocycles. The molecule has 2 aromatic heterocycles. The summed E-state index contributed by atoms with van der Waals surface area (Å²) in [5.74, 6) is -0.840. The predicted molar refractivity (Wildman–Crippen MR) is 130 cm³/mol. The number of thiazole rings is 1. The Morgan fingerprint density at radius 1 is 1.09 bits per heavy atom. The van der Waals surface area contributed by atoms with Crippen molar-refractivity contribution in [3.05, 3.63) is 70.2 Å². The summed E-state index contributed by atoms with van der Waals surface area (Å²) in [5, 5.41) is 9.48. The summed E-state index contributed by atoms with van der Waals surface area (Å²) in [6.45, 7) is 5.76. The number of aryl methyl sites for hydroxylation is 1. The van der Waals surface area contributed by atoms with Gasteiger partial charge in [0.15, 0.2) is 5.13 Å². The van der Waals surface area contributed by atoms with Gasteiger partial charge in [0.1, 0.15) is 6.04 Å². The highest BCUT2D eigenvalue weighted by Crippen LogP contribution is 2.34. The number of aromatic amines is 1. The van der Waals surface area contributed by atoms with Crippen LogP contribution in [-0.2, 0) is 4.79 Å². The number of hydrogen-bond donors (Lipinski definition) is 3. The van der Waals surface area contributed by atoms with Crippen molar-refractivity contribution < 1.29 is 9.59 Å². The van der Waals surface area contributed by atoms with Crippen LogP contribution in [0.3, 0.4) is 0 Å². The number of carbonyl (C=O) groups excluding carboxylic acids is 2. The van der Waals surface area contributed by atoms with E-state index in [2.05, 4.69) is 20.6 Å². The van der Waals surface area contributed by atoms with Gasteiger partial charge in [0.2, 0.25) is 5.91 Å². The molecule has 0 radical (unpaired) electrons. The van der Waals surface area contributed by atoms with Crippen LogP contribution >= 0.6 is 22.9 Å². The summed E-state index contributed by atoms with van der Waals surface area (Å²) in [6, 6.07) is 14.1. The van der Waals surface area contributed by atoms with E-state index in [4.69, 9.17) is 11.6 Å². The van der Waals surface area contributed by atoms with Gasteiger partial charge in [-0.15, -0.1) is 11.3 Å². The molecule has 0 saturated carbocycles. The van der Waals surface area contributed by atoms with Gasteiger partial charge in [0.25, 0.3) is 5.91 Å². The zero-order chi connectivity index (χ0) is 22.8. The number of aromatic nitrogens is 2. The molecule has 0 aliphatic heterocycles. The second-order valence-electron chi connectivity index (χ2n) is 7.87. The van der Waals surface area contributed by atoms with Crippen LogP contribution in [0.25, 0.3) is 22.2 Å². The number of fused-ring (bicyclic) bond motifs is 1. The zero-order valence-electron chi connectivity index (χ0n) is 17.9. The highest BCUT2D eigenvalue weighted by atomic mass is 35.5. The van der Waals surface area contributed by atoms with Crippen molar-refractivity contribution in [2.45, 2.75) is 26.8 Å². The zero-order valence-corrected chi connectivity index (χ0v) is 19.5. The lowest BCUT2D eigenvalue weighted by atomic mass is 10.0. The number of anilines is 1. The van der Waals surface area contributed by atoms with Gasteiger partial charge in [-0.25, -0.2) is 4.98 Å². The van der Waals surface area contributed by atoms with Crippen molar-refractivity contribution in [2.24, 2.45) is 5.92 Å². The van der Waals surface area contributed by atoms with E-state index in [9.17, 15) is 9.59 Å². The molecule has 0 bridgehead atoms. The fourth-order valence-electron chi connectivity index (χ4n) is 3.64. The minimum absolute atomic E-state index is 0.128. The van der Waals surface area contributed by atoms with E-state index < -0.39 is 11.9 Å². The number of nitrogens with zero attached hydrogens (tertiary/aromatic N) is 1. The highest BCUT2D eigenvalue weighted by molar-refractivity contribution is 7.14. The summed E-state index contributed by atoms with van der Waals surface area (Å²) >= 11 is 7.47. The van der Waals surface area contributed by atoms with Crippen molar-refractivity contribution in [1.29, 1.82) is 0 Å². The van der Waals surface area contributed by atoms with Crippen LogP contribution < -0.4 is 10.6 Å². The molecule has 2 amide bonds. The lowest BCUT2D eigenvalue weighted by molar-refractivity contribution is -0.118. The van der Waals surface area contributed by atoms with Crippen molar-refractivity contribution in [2.75, 3.05) is 5.32 Å². The Bertz CT molecular complexity index is 1290. The normalized spacial score (nSPS) is 12.2. The van der Waals surface area contributed by atoms with E-state index in [-0.39, 0.29) is 11.8 Å². The first-order chi connectivity index (χ1) is 15.3. The van der Waals surface area contributed by atoms with Gasteiger partial charge < -0.3 is 15.6 Å². The fraction of sp³-hybridized carbons (Fsp3) is 0.208. The van der Waals surface area contributed by atoms with Crippen LogP contribution in [0.4, 0.5) is 5.13 Å². The molecule has 0 saturated heterocycles. The lowest BCUT2D eigenvalue weighted by Gasteiger charge is -2.21. The number of carbonyl (C=O) groups is 2. The summed E-state index contributed by atoms with van der Waals surface area (Å²) < 4.78 is 0. The van der Waals surface area contributed by atoms with Crippen molar-refractivity contribution >= 4 is 50.8 Å². The smallest absolute Gasteiger partial charge is 0.253 e. The topological polar surface area (TPSA) is 86.9 Å². The van der Waals surface area contributed by atoms with Gasteiger partial charge in [0.05, 0.1) is 16.3 Å². The Balaban J connectivity index is 1.52. The third kappa shape index (κ3) is 4.40. The molecule has 1 atom stereocenters. The van der Waals surface area contributed by atoms with E-state index in [0.29, 0.717) is 15.7 Å². The molecular weight excluding hydrogens is 444 g/mol. The number of nitrogens with one attached hydrogen (secondary N) is 3. The number of para-hydroxylation sites is 1. The number of halogens is 1. The molecule has 2 aromatic carbocycles. The van der Waals surface area contributed by atoms with Crippen LogP contribution in [-0.4, -0.2) is 27.8 Å². The first-order valence-electron chi connectivity index (χ1n) is 10.2. The molecule has 0 spiro atoms. The number of rotatable bonds is 6. The fourth-order valence-corrected chi connectivity index (χ4v) is 4.56. The standard InChI is InChI=1S/C24H23ClN4O2S/c1-13(2)21(28-22(30)15-8-4-6-10-17(15)25)23(31)29-24-27-19(12-32-24)20-14(3)26-18-11-7-5-9-16(18)20/h4-13,21,26H,1-3H3,(H,28,30)(H,27,29,31)/t21-/m0/s1. The molecule has 0 aliphatic rings. The molecule has 4 aromatic rings. The van der Waals surface area contributed by atoms with Crippen LogP contribution in [0.1, 0.15) is 29.9 Å². The van der Waals surface area contributed by atoms with E-state index in [0.717, 1.165) is 27.9 Å². The monoisotopic (exact) mass is 466 g/mol. The summed E-state index contributed by atoms with van der Waals surface area (Å²) in [6.07, 6.45) is 0. The minimum atomic E-state index is -0.735. The van der Waals surface area contributed by atoms with Crippen molar-refractivity contribution in [1.82, 2.24) is 15.3 Å². The Labute approximate surface area is 195 Å². The molecule has 8 heteroatoms. The molecule has 6 nitrogen and oxygen atoms in total. The Morgan fingerprint density at radius 2 is 1.81 bits per heavy atom. The van der Waals surface area contributed by atoms with E-state index in [1.165, 1.54) is 11.3 Å². The van der Waals surface area contributed by atoms with Crippen molar-refractivity contribution in [3.8, 4) is 11.3 Å². The number of H-pyrrole nitrogens is 1. The second kappa shape index (κ2) is 9.14. The summed E-state index contributed by atoms with van der Waals surface area (Å²) in [4.78, 5) is 33.6. The molecule has 0 fully saturated rings. The Kier molecular flexibility index (Phi) is 6.30. The highest BCUT2D eigenvalue weighted by Gasteiger charge is 2.26. The van der Waals surface area contributed by atoms with Crippen LogP contribution in [0.5, 0.6) is 0 Å². The largest absolute Gasteiger partial charge is 0.358 e. The van der Waals surface area contributed by atoms with E-state index in [1.54, 1.807) is 24.3 Å². The minimum Gasteiger partial charge on any atom is -0.358 e.